The minimum atomic E-state index is -3.82. The van der Waals surface area contributed by atoms with E-state index in [9.17, 15) is 28.2 Å². The van der Waals surface area contributed by atoms with E-state index in [1.165, 1.54) is 62.6 Å². The van der Waals surface area contributed by atoms with Gasteiger partial charge in [0.15, 0.2) is 0 Å². The molecule has 5 N–H and O–H groups in total. The number of nitrogens with one attached hydrogen (secondary N) is 3. The number of ether oxygens (including phenoxy) is 1. The first-order valence-electron chi connectivity index (χ1n) is 21.3. The van der Waals surface area contributed by atoms with Crippen molar-refractivity contribution in [2.24, 2.45) is 0 Å². The Labute approximate surface area is 358 Å². The standard InChI is InChI=1S/C48H57N5O7S/c1-4-43(53-24-22-52(23-25-53)36-9-6-5-7-10-36)34-13-15-38(16-14-34)61(58,59)39-12-8-11-37(29-39)60-26-21-47(57)50-35-27-32(2)42(33(3)28-35)30-49-31-45(55)40-17-19-44(54)48-41(40)18-20-46(56)51-48/h8,11-21,26-29,36,43,45,49,54-55H,4-7,9-10,22-25,30-31H2,1-3H3,(H,50,57)(H,51,56)/t43-,45-/m0/s1. The lowest BCUT2D eigenvalue weighted by Crippen LogP contribution is -2.51. The number of hydrogen-bond donors (Lipinski definition) is 5. The van der Waals surface area contributed by atoms with Crippen LogP contribution in [0.5, 0.6) is 11.5 Å². The molecule has 0 unspecified atom stereocenters. The lowest BCUT2D eigenvalue weighted by molar-refractivity contribution is -0.112. The highest BCUT2D eigenvalue weighted by molar-refractivity contribution is 7.91. The Morgan fingerprint density at radius 1 is 0.918 bits per heavy atom. The molecule has 4 aromatic carbocycles. The SMILES string of the molecule is CC[C@@H](c1ccc(S(=O)(=O)c2cccc(OC=CC(=O)Nc3cc(C)c(CNC[C@H](O)c4ccc(O)c5[nH]c(=O)ccc45)c(C)c3)c2)cc1)N1CCN(C2CCCCC2)CC1. The summed E-state index contributed by atoms with van der Waals surface area (Å²) in [5.41, 5.74) is 5.12. The van der Waals surface area contributed by atoms with Gasteiger partial charge in [-0.3, -0.25) is 19.4 Å². The Morgan fingerprint density at radius 2 is 1.64 bits per heavy atom. The minimum absolute atomic E-state index is 0.0675. The van der Waals surface area contributed by atoms with E-state index in [0.29, 0.717) is 23.2 Å². The van der Waals surface area contributed by atoms with Gasteiger partial charge in [-0.25, -0.2) is 8.42 Å². The summed E-state index contributed by atoms with van der Waals surface area (Å²) in [6, 6.07) is 24.3. The van der Waals surface area contributed by atoms with Gasteiger partial charge in [-0.15, -0.1) is 0 Å². The molecular weight excluding hydrogens is 791 g/mol. The molecule has 2 heterocycles. The summed E-state index contributed by atoms with van der Waals surface area (Å²) < 4.78 is 33.1. The van der Waals surface area contributed by atoms with Crippen LogP contribution in [0.25, 0.3) is 10.9 Å². The Hall–Kier alpha value is -5.31. The number of fused-ring (bicyclic) bond motifs is 1. The number of amides is 1. The van der Waals surface area contributed by atoms with Crippen LogP contribution in [0.15, 0.2) is 112 Å². The van der Waals surface area contributed by atoms with Crippen molar-refractivity contribution in [3.05, 3.63) is 135 Å². The fourth-order valence-corrected chi connectivity index (χ4v) is 10.3. The molecule has 5 aromatic rings. The summed E-state index contributed by atoms with van der Waals surface area (Å²) in [6.45, 7) is 11.0. The Kier molecular flexibility index (Phi) is 14.1. The van der Waals surface area contributed by atoms with Crippen LogP contribution in [0.1, 0.15) is 85.4 Å². The molecule has 1 aromatic heterocycles. The van der Waals surface area contributed by atoms with Gasteiger partial charge in [-0.05, 0) is 116 Å². The third-order valence-corrected chi connectivity index (χ3v) is 14.0. The molecular formula is C48H57N5O7S. The van der Waals surface area contributed by atoms with E-state index in [4.69, 9.17) is 4.74 Å². The molecule has 1 aliphatic heterocycles. The molecule has 1 saturated carbocycles. The predicted molar refractivity (Wildman–Crippen MR) is 239 cm³/mol. The summed E-state index contributed by atoms with van der Waals surface area (Å²) in [5, 5.41) is 27.8. The second kappa shape index (κ2) is 19.6. The number of aromatic amines is 1. The first kappa shape index (κ1) is 43.8. The number of nitrogens with zero attached hydrogens (tertiary/aromatic N) is 2. The van der Waals surface area contributed by atoms with Gasteiger partial charge in [0.25, 0.3) is 5.91 Å². The molecule has 322 valence electrons. The lowest BCUT2D eigenvalue weighted by Gasteiger charge is -2.43. The van der Waals surface area contributed by atoms with Crippen molar-refractivity contribution in [1.29, 1.82) is 0 Å². The number of benzene rings is 4. The molecule has 0 spiro atoms. The van der Waals surface area contributed by atoms with E-state index in [-0.39, 0.29) is 45.0 Å². The molecule has 1 amide bonds. The highest BCUT2D eigenvalue weighted by Crippen LogP contribution is 2.32. The van der Waals surface area contributed by atoms with Crippen LogP contribution in [-0.2, 0) is 21.2 Å². The average molecular weight is 848 g/mol. The van der Waals surface area contributed by atoms with E-state index in [0.717, 1.165) is 60.9 Å². The van der Waals surface area contributed by atoms with E-state index in [2.05, 4.69) is 32.3 Å². The van der Waals surface area contributed by atoms with Gasteiger partial charge >= 0.3 is 0 Å². The lowest BCUT2D eigenvalue weighted by atomic mass is 9.93. The Bertz CT molecular complexity index is 2500. The summed E-state index contributed by atoms with van der Waals surface area (Å²) in [7, 11) is -3.82. The Balaban J connectivity index is 0.906. The zero-order chi connectivity index (χ0) is 43.1. The molecule has 2 fully saturated rings. The largest absolute Gasteiger partial charge is 0.506 e. The number of phenols is 1. The number of piperazine rings is 1. The maximum atomic E-state index is 13.7. The summed E-state index contributed by atoms with van der Waals surface area (Å²) in [6.07, 6.45) is 9.21. The highest BCUT2D eigenvalue weighted by Gasteiger charge is 2.29. The van der Waals surface area contributed by atoms with Crippen LogP contribution in [0, 0.1) is 13.8 Å². The normalized spacial score (nSPS) is 16.8. The van der Waals surface area contributed by atoms with E-state index in [1.807, 2.05) is 38.1 Å². The number of phenolic OH excluding ortho intramolecular Hbond substituents is 1. The van der Waals surface area contributed by atoms with E-state index >= 15 is 0 Å². The number of pyridine rings is 1. The van der Waals surface area contributed by atoms with Crippen molar-refractivity contribution >= 4 is 32.3 Å². The quantitative estimate of drug-likeness (QED) is 0.0529. The van der Waals surface area contributed by atoms with Gasteiger partial charge in [0, 0.05) is 74.6 Å². The topological polar surface area (TPSA) is 164 Å². The molecule has 0 radical (unpaired) electrons. The van der Waals surface area contributed by atoms with Crippen molar-refractivity contribution < 1.29 is 28.2 Å². The minimum Gasteiger partial charge on any atom is -0.506 e. The van der Waals surface area contributed by atoms with Crippen LogP contribution >= 0.6 is 0 Å². The molecule has 12 nitrogen and oxygen atoms in total. The number of aliphatic hydroxyl groups is 1. The first-order valence-corrected chi connectivity index (χ1v) is 22.8. The maximum Gasteiger partial charge on any atom is 0.251 e. The second-order valence-electron chi connectivity index (χ2n) is 16.3. The maximum absolute atomic E-state index is 13.7. The summed E-state index contributed by atoms with van der Waals surface area (Å²) in [5.74, 6) is -0.208. The molecule has 1 saturated heterocycles. The molecule has 7 rings (SSSR count). The van der Waals surface area contributed by atoms with Gasteiger partial charge in [0.1, 0.15) is 11.5 Å². The molecule has 1 aliphatic carbocycles. The monoisotopic (exact) mass is 847 g/mol. The third kappa shape index (κ3) is 10.4. The zero-order valence-corrected chi connectivity index (χ0v) is 36.0. The number of carbonyl (C=O) groups excluding carboxylic acids is 1. The van der Waals surface area contributed by atoms with E-state index < -0.39 is 21.8 Å². The number of aromatic nitrogens is 1. The van der Waals surface area contributed by atoms with Crippen molar-refractivity contribution in [2.45, 2.75) is 93.8 Å². The van der Waals surface area contributed by atoms with Gasteiger partial charge in [0.2, 0.25) is 15.4 Å². The zero-order valence-electron chi connectivity index (χ0n) is 35.2. The average Bonchev–Trinajstić information content (AvgIpc) is 3.26. The molecule has 0 bridgehead atoms. The fraction of sp³-hybridized carbons (Fsp3) is 0.375. The number of H-pyrrole nitrogens is 1. The Morgan fingerprint density at radius 3 is 2.34 bits per heavy atom. The van der Waals surface area contributed by atoms with Crippen molar-refractivity contribution in [2.75, 3.05) is 38.0 Å². The van der Waals surface area contributed by atoms with Gasteiger partial charge in [-0.2, -0.15) is 0 Å². The van der Waals surface area contributed by atoms with Crippen molar-refractivity contribution in [3.8, 4) is 11.5 Å². The highest BCUT2D eigenvalue weighted by atomic mass is 32.2. The van der Waals surface area contributed by atoms with Crippen LogP contribution in [-0.4, -0.2) is 78.1 Å². The predicted octanol–water partition coefficient (Wildman–Crippen LogP) is 7.44. The van der Waals surface area contributed by atoms with Crippen molar-refractivity contribution in [3.63, 3.8) is 0 Å². The van der Waals surface area contributed by atoms with Crippen molar-refractivity contribution in [1.82, 2.24) is 20.1 Å². The number of sulfone groups is 1. The smallest absolute Gasteiger partial charge is 0.251 e. The number of aliphatic hydroxyl groups excluding tert-OH is 1. The molecule has 61 heavy (non-hydrogen) atoms. The number of anilines is 1. The van der Waals surface area contributed by atoms with Crippen LogP contribution in [0.2, 0.25) is 0 Å². The number of aromatic hydroxyl groups is 1. The number of carbonyl (C=O) groups is 1. The fourth-order valence-electron chi connectivity index (χ4n) is 8.98. The van der Waals surface area contributed by atoms with Gasteiger partial charge < -0.3 is 30.6 Å². The second-order valence-corrected chi connectivity index (χ2v) is 18.2. The summed E-state index contributed by atoms with van der Waals surface area (Å²) in [4.78, 5) is 32.8. The van der Waals surface area contributed by atoms with Crippen LogP contribution < -0.4 is 20.9 Å². The number of hydrogen-bond acceptors (Lipinski definition) is 10. The number of rotatable bonds is 15. The third-order valence-electron chi connectivity index (χ3n) is 12.3. The van der Waals surface area contributed by atoms with Crippen LogP contribution in [0.4, 0.5) is 5.69 Å². The molecule has 2 aliphatic rings. The first-order chi connectivity index (χ1) is 29.4. The molecule has 13 heteroatoms. The van der Waals surface area contributed by atoms with Crippen LogP contribution in [0.3, 0.4) is 0 Å². The number of aryl methyl sites for hydroxylation is 2. The molecule has 2 atom stereocenters. The van der Waals surface area contributed by atoms with E-state index in [1.54, 1.807) is 42.5 Å². The summed E-state index contributed by atoms with van der Waals surface area (Å²) >= 11 is 0. The van der Waals surface area contributed by atoms with Gasteiger partial charge in [-0.1, -0.05) is 50.5 Å². The van der Waals surface area contributed by atoms with Gasteiger partial charge in [0.05, 0.1) is 27.7 Å².